The minimum atomic E-state index is -1.06. The number of ether oxygens (including phenoxy) is 1. The first-order valence-corrected chi connectivity index (χ1v) is 5.06. The van der Waals surface area contributed by atoms with E-state index in [1.54, 1.807) is 0 Å². The molecule has 8 heteroatoms. The summed E-state index contributed by atoms with van der Waals surface area (Å²) < 4.78 is 6.68. The van der Waals surface area contributed by atoms with Crippen molar-refractivity contribution in [3.05, 3.63) is 23.0 Å². The largest absolute Gasteiger partial charge is 0.388 e. The lowest BCUT2D eigenvalue weighted by Gasteiger charge is -2.16. The van der Waals surface area contributed by atoms with Crippen LogP contribution in [0.15, 0.2) is 17.4 Å². The number of H-pyrrole nitrogens is 1. The number of fused-ring (bicyclic) bond motifs is 1. The maximum atomic E-state index is 11.4. The molecule has 3 rings (SSSR count). The van der Waals surface area contributed by atoms with Gasteiger partial charge in [0.05, 0.1) is 19.3 Å². The molecular weight excluding hydrogens is 228 g/mol. The summed E-state index contributed by atoms with van der Waals surface area (Å²) in [4.78, 5) is 21.7. The number of hydrogen-bond acceptors (Lipinski definition) is 6. The van der Waals surface area contributed by atoms with Gasteiger partial charge >= 0.3 is 0 Å². The summed E-state index contributed by atoms with van der Waals surface area (Å²) in [7, 11) is 0. The smallest absolute Gasteiger partial charge is 0.278 e. The van der Waals surface area contributed by atoms with Crippen LogP contribution in [0.2, 0.25) is 0 Å². The third-order valence-corrected chi connectivity index (χ3v) is 2.76. The highest BCUT2D eigenvalue weighted by atomic mass is 16.5. The standard InChI is InChI=1S/C9H10N4O4/c14-4-1-17-9(6(4)15)13-3-12-5-7(13)10-2-11-8(5)16/h2-4,6,9,14-15H,1H2,(H,10,11,16)/t4-,6-,9-/m1/s1. The first-order valence-electron chi connectivity index (χ1n) is 5.06. The quantitative estimate of drug-likeness (QED) is 0.549. The molecule has 0 unspecified atom stereocenters. The van der Waals surface area contributed by atoms with Gasteiger partial charge in [-0.15, -0.1) is 0 Å². The van der Waals surface area contributed by atoms with Crippen molar-refractivity contribution in [2.24, 2.45) is 0 Å². The zero-order valence-electron chi connectivity index (χ0n) is 8.65. The van der Waals surface area contributed by atoms with E-state index in [1.807, 2.05) is 0 Å². The Hall–Kier alpha value is -1.77. The van der Waals surface area contributed by atoms with E-state index < -0.39 is 18.4 Å². The fourth-order valence-corrected chi connectivity index (χ4v) is 1.88. The number of imidazole rings is 1. The molecule has 3 N–H and O–H groups in total. The Labute approximate surface area is 94.5 Å². The summed E-state index contributed by atoms with van der Waals surface area (Å²) in [6, 6.07) is 0. The highest BCUT2D eigenvalue weighted by Crippen LogP contribution is 2.25. The normalized spacial score (nSPS) is 28.9. The van der Waals surface area contributed by atoms with Crippen molar-refractivity contribution in [3.63, 3.8) is 0 Å². The number of nitrogens with zero attached hydrogens (tertiary/aromatic N) is 3. The average Bonchev–Trinajstić information content (AvgIpc) is 2.86. The topological polar surface area (TPSA) is 113 Å². The number of hydrogen-bond donors (Lipinski definition) is 3. The van der Waals surface area contributed by atoms with Crippen molar-refractivity contribution in [2.75, 3.05) is 6.61 Å². The first-order chi connectivity index (χ1) is 8.18. The summed E-state index contributed by atoms with van der Waals surface area (Å²) >= 11 is 0. The van der Waals surface area contributed by atoms with Gasteiger partial charge in [0.15, 0.2) is 17.4 Å². The number of rotatable bonds is 1. The van der Waals surface area contributed by atoms with Gasteiger partial charge in [0.25, 0.3) is 5.56 Å². The van der Waals surface area contributed by atoms with Gasteiger partial charge in [-0.1, -0.05) is 0 Å². The number of aliphatic hydroxyl groups excluding tert-OH is 2. The van der Waals surface area contributed by atoms with Crippen molar-refractivity contribution in [2.45, 2.75) is 18.4 Å². The van der Waals surface area contributed by atoms with Crippen LogP contribution in [0, 0.1) is 0 Å². The van der Waals surface area contributed by atoms with E-state index >= 15 is 0 Å². The molecule has 0 saturated carbocycles. The molecule has 8 nitrogen and oxygen atoms in total. The molecule has 3 atom stereocenters. The molecule has 1 fully saturated rings. The Bertz CT molecular complexity index is 606. The van der Waals surface area contributed by atoms with E-state index in [0.717, 1.165) is 0 Å². The lowest BCUT2D eigenvalue weighted by molar-refractivity contribution is -0.0162. The van der Waals surface area contributed by atoms with Crippen LogP contribution >= 0.6 is 0 Å². The van der Waals surface area contributed by atoms with Crippen molar-refractivity contribution in [1.29, 1.82) is 0 Å². The summed E-state index contributed by atoms with van der Waals surface area (Å²) in [5.74, 6) is 0. The summed E-state index contributed by atoms with van der Waals surface area (Å²) in [5.41, 5.74) is 0.123. The zero-order chi connectivity index (χ0) is 12.0. The number of aliphatic hydroxyl groups is 2. The average molecular weight is 238 g/mol. The first kappa shape index (κ1) is 10.4. The molecular formula is C9H10N4O4. The van der Waals surface area contributed by atoms with E-state index in [4.69, 9.17) is 4.74 Å². The molecule has 90 valence electrons. The van der Waals surface area contributed by atoms with Crippen LogP contribution in [-0.2, 0) is 4.74 Å². The molecule has 1 aliphatic rings. The predicted molar refractivity (Wildman–Crippen MR) is 55.2 cm³/mol. The van der Waals surface area contributed by atoms with E-state index in [-0.39, 0.29) is 17.7 Å². The Morgan fingerprint density at radius 2 is 2.29 bits per heavy atom. The van der Waals surface area contributed by atoms with Gasteiger partial charge < -0.3 is 19.9 Å². The summed E-state index contributed by atoms with van der Waals surface area (Å²) in [6.07, 6.45) is -0.170. The monoisotopic (exact) mass is 238 g/mol. The molecule has 0 spiro atoms. The summed E-state index contributed by atoms with van der Waals surface area (Å²) in [5, 5.41) is 19.1. The Kier molecular flexibility index (Phi) is 2.21. The Balaban J connectivity index is 2.13. The molecule has 0 aliphatic carbocycles. The van der Waals surface area contributed by atoms with Crippen LogP contribution < -0.4 is 5.56 Å². The fourth-order valence-electron chi connectivity index (χ4n) is 1.88. The van der Waals surface area contributed by atoms with Crippen molar-refractivity contribution < 1.29 is 14.9 Å². The van der Waals surface area contributed by atoms with Crippen molar-refractivity contribution >= 4 is 11.2 Å². The van der Waals surface area contributed by atoms with Gasteiger partial charge in [-0.2, -0.15) is 0 Å². The lowest BCUT2D eigenvalue weighted by atomic mass is 10.2. The van der Waals surface area contributed by atoms with Crippen LogP contribution in [0.4, 0.5) is 0 Å². The Morgan fingerprint density at radius 3 is 3.00 bits per heavy atom. The van der Waals surface area contributed by atoms with Crippen LogP contribution in [0.1, 0.15) is 6.23 Å². The van der Waals surface area contributed by atoms with Gasteiger partial charge in [-0.25, -0.2) is 9.97 Å². The van der Waals surface area contributed by atoms with Crippen LogP contribution in [0.5, 0.6) is 0 Å². The molecule has 2 aromatic heterocycles. The highest BCUT2D eigenvalue weighted by molar-refractivity contribution is 5.68. The molecule has 3 heterocycles. The number of aromatic nitrogens is 4. The van der Waals surface area contributed by atoms with E-state index in [0.29, 0.717) is 5.65 Å². The second-order valence-electron chi connectivity index (χ2n) is 3.84. The minimum absolute atomic E-state index is 0.0364. The lowest BCUT2D eigenvalue weighted by Crippen LogP contribution is -2.28. The van der Waals surface area contributed by atoms with Crippen molar-refractivity contribution in [3.8, 4) is 0 Å². The SMILES string of the molecule is O=c1[nH]cnc2c1ncn2[C@@H]1OC[C@@H](O)[C@H]1O. The molecule has 0 amide bonds. The minimum Gasteiger partial charge on any atom is -0.388 e. The highest BCUT2D eigenvalue weighted by Gasteiger charge is 2.36. The third kappa shape index (κ3) is 1.46. The molecule has 0 aromatic carbocycles. The van der Waals surface area contributed by atoms with Crippen LogP contribution in [0.25, 0.3) is 11.2 Å². The zero-order valence-corrected chi connectivity index (χ0v) is 8.65. The molecule has 17 heavy (non-hydrogen) atoms. The second-order valence-corrected chi connectivity index (χ2v) is 3.84. The van der Waals surface area contributed by atoms with Gasteiger partial charge in [0.2, 0.25) is 0 Å². The molecule has 1 saturated heterocycles. The number of nitrogens with one attached hydrogen (secondary N) is 1. The molecule has 2 aromatic rings. The second kappa shape index (κ2) is 3.62. The van der Waals surface area contributed by atoms with Gasteiger partial charge in [-0.3, -0.25) is 9.36 Å². The fraction of sp³-hybridized carbons (Fsp3) is 0.444. The number of aromatic amines is 1. The molecule has 1 aliphatic heterocycles. The maximum Gasteiger partial charge on any atom is 0.278 e. The Morgan fingerprint density at radius 1 is 1.47 bits per heavy atom. The predicted octanol–water partition coefficient (Wildman–Crippen LogP) is -1.63. The van der Waals surface area contributed by atoms with E-state index in [9.17, 15) is 15.0 Å². The third-order valence-electron chi connectivity index (χ3n) is 2.76. The maximum absolute atomic E-state index is 11.4. The van der Waals surface area contributed by atoms with Crippen molar-refractivity contribution in [1.82, 2.24) is 19.5 Å². The van der Waals surface area contributed by atoms with E-state index in [1.165, 1.54) is 17.2 Å². The van der Waals surface area contributed by atoms with Gasteiger partial charge in [0.1, 0.15) is 12.2 Å². The molecule has 0 bridgehead atoms. The van der Waals surface area contributed by atoms with Crippen LogP contribution in [-0.4, -0.2) is 48.5 Å². The summed E-state index contributed by atoms with van der Waals surface area (Å²) in [6.45, 7) is 0.0364. The van der Waals surface area contributed by atoms with Gasteiger partial charge in [0, 0.05) is 0 Å². The van der Waals surface area contributed by atoms with Gasteiger partial charge in [-0.05, 0) is 0 Å². The van der Waals surface area contributed by atoms with E-state index in [2.05, 4.69) is 15.0 Å². The molecule has 0 radical (unpaired) electrons. The van der Waals surface area contributed by atoms with Crippen LogP contribution in [0.3, 0.4) is 0 Å².